The molecule has 25 heavy (non-hydrogen) atoms. The van der Waals surface area contributed by atoms with Gasteiger partial charge in [0.2, 0.25) is 5.78 Å². The first-order valence-electron chi connectivity index (χ1n) is 8.08. The summed E-state index contributed by atoms with van der Waals surface area (Å²) in [7, 11) is 0. The Morgan fingerprint density at radius 1 is 1.08 bits per heavy atom. The van der Waals surface area contributed by atoms with E-state index in [4.69, 9.17) is 0 Å². The number of aliphatic carboxylic acids is 1. The zero-order valence-corrected chi connectivity index (χ0v) is 15.0. The van der Waals surface area contributed by atoms with Crippen molar-refractivity contribution in [3.05, 3.63) is 57.8 Å². The van der Waals surface area contributed by atoms with E-state index in [1.165, 1.54) is 11.3 Å². The largest absolute Gasteiger partial charge is 0.481 e. The number of thiophene rings is 1. The van der Waals surface area contributed by atoms with Crippen LogP contribution in [0.2, 0.25) is 0 Å². The third kappa shape index (κ3) is 5.00. The number of benzene rings is 1. The highest BCUT2D eigenvalue weighted by Crippen LogP contribution is 2.19. The van der Waals surface area contributed by atoms with Gasteiger partial charge in [-0.25, -0.2) is 0 Å². The Bertz CT molecular complexity index is 753. The van der Waals surface area contributed by atoms with E-state index in [0.29, 0.717) is 16.9 Å². The van der Waals surface area contributed by atoms with E-state index in [2.05, 4.69) is 5.32 Å². The van der Waals surface area contributed by atoms with Crippen LogP contribution >= 0.6 is 11.3 Å². The zero-order valence-electron chi connectivity index (χ0n) is 14.2. The third-order valence-corrected chi connectivity index (χ3v) is 4.64. The molecule has 0 fully saturated rings. The van der Waals surface area contributed by atoms with Crippen LogP contribution in [0.5, 0.6) is 0 Å². The molecule has 0 saturated heterocycles. The number of carbonyl (C=O) groups is 3. The molecule has 6 heteroatoms. The average molecular weight is 359 g/mol. The summed E-state index contributed by atoms with van der Waals surface area (Å²) in [4.78, 5) is 36.9. The Morgan fingerprint density at radius 3 is 2.32 bits per heavy atom. The van der Waals surface area contributed by atoms with Crippen LogP contribution in [0.4, 0.5) is 0 Å². The number of hydrogen-bond acceptors (Lipinski definition) is 4. The molecule has 132 valence electrons. The van der Waals surface area contributed by atoms with Gasteiger partial charge in [-0.15, -0.1) is 11.3 Å². The predicted molar refractivity (Wildman–Crippen MR) is 97.1 cm³/mol. The monoisotopic (exact) mass is 359 g/mol. The highest BCUT2D eigenvalue weighted by atomic mass is 32.1. The lowest BCUT2D eigenvalue weighted by Gasteiger charge is -2.16. The zero-order chi connectivity index (χ0) is 18.4. The van der Waals surface area contributed by atoms with E-state index < -0.39 is 17.8 Å². The van der Waals surface area contributed by atoms with Crippen molar-refractivity contribution in [1.82, 2.24) is 5.32 Å². The lowest BCUT2D eigenvalue weighted by molar-refractivity contribution is -0.142. The molecule has 5 nitrogen and oxygen atoms in total. The summed E-state index contributed by atoms with van der Waals surface area (Å²) in [6.07, 6.45) is 0.478. The highest BCUT2D eigenvalue weighted by Gasteiger charge is 2.22. The maximum Gasteiger partial charge on any atom is 0.308 e. The minimum Gasteiger partial charge on any atom is -0.481 e. The van der Waals surface area contributed by atoms with Gasteiger partial charge >= 0.3 is 5.97 Å². The van der Waals surface area contributed by atoms with Crippen LogP contribution in [0.25, 0.3) is 0 Å². The number of nitrogens with one attached hydrogen (secondary N) is 1. The van der Waals surface area contributed by atoms with Crippen LogP contribution in [0.3, 0.4) is 0 Å². The van der Waals surface area contributed by atoms with Crippen molar-refractivity contribution in [1.29, 1.82) is 0 Å². The lowest BCUT2D eigenvalue weighted by atomic mass is 9.96. The summed E-state index contributed by atoms with van der Waals surface area (Å²) in [6, 6.07) is 10.1. The Labute approximate surface area is 150 Å². The van der Waals surface area contributed by atoms with Gasteiger partial charge in [-0.05, 0) is 29.9 Å². The molecule has 0 aliphatic heterocycles. The molecule has 2 N–H and O–H groups in total. The number of hydrogen-bond donors (Lipinski definition) is 2. The second-order valence-electron chi connectivity index (χ2n) is 6.23. The van der Waals surface area contributed by atoms with Crippen molar-refractivity contribution in [3.63, 3.8) is 0 Å². The highest BCUT2D eigenvalue weighted by molar-refractivity contribution is 7.12. The van der Waals surface area contributed by atoms with Gasteiger partial charge in [0.25, 0.3) is 5.91 Å². The van der Waals surface area contributed by atoms with Gasteiger partial charge in [0, 0.05) is 12.1 Å². The molecular weight excluding hydrogens is 338 g/mol. The maximum atomic E-state index is 12.6. The molecular formula is C19H21NO4S. The third-order valence-electron chi connectivity index (χ3n) is 3.78. The summed E-state index contributed by atoms with van der Waals surface area (Å²) < 4.78 is 0. The van der Waals surface area contributed by atoms with Gasteiger partial charge in [0.15, 0.2) is 0 Å². The topological polar surface area (TPSA) is 83.5 Å². The number of carboxylic acids is 1. The molecule has 2 aromatic rings. The van der Waals surface area contributed by atoms with Gasteiger partial charge in [0.1, 0.15) is 0 Å². The van der Waals surface area contributed by atoms with Crippen LogP contribution < -0.4 is 5.32 Å². The minimum atomic E-state index is -0.933. The smallest absolute Gasteiger partial charge is 0.308 e. The predicted octanol–water partition coefficient (Wildman–Crippen LogP) is 3.46. The molecule has 1 amide bonds. The molecule has 0 aliphatic carbocycles. The molecule has 1 aromatic heterocycles. The molecule has 1 aromatic carbocycles. The van der Waals surface area contributed by atoms with Crippen LogP contribution in [-0.4, -0.2) is 29.3 Å². The number of carboxylic acid groups (broad SMARTS) is 1. The second-order valence-corrected chi connectivity index (χ2v) is 7.17. The molecule has 1 unspecified atom stereocenters. The van der Waals surface area contributed by atoms with Gasteiger partial charge in [-0.3, -0.25) is 14.4 Å². The van der Waals surface area contributed by atoms with Crippen molar-refractivity contribution in [2.24, 2.45) is 11.8 Å². The second kappa shape index (κ2) is 8.58. The molecule has 1 atom stereocenters. The number of carbonyl (C=O) groups excluding carboxylic acids is 2. The Morgan fingerprint density at radius 2 is 1.76 bits per heavy atom. The van der Waals surface area contributed by atoms with E-state index in [1.54, 1.807) is 41.8 Å². The van der Waals surface area contributed by atoms with Gasteiger partial charge < -0.3 is 10.4 Å². The average Bonchev–Trinajstić information content (AvgIpc) is 3.11. The summed E-state index contributed by atoms with van der Waals surface area (Å²) >= 11 is 1.32. The van der Waals surface area contributed by atoms with E-state index in [9.17, 15) is 19.5 Å². The summed E-state index contributed by atoms with van der Waals surface area (Å²) in [5, 5.41) is 13.7. The van der Waals surface area contributed by atoms with Crippen LogP contribution in [0.15, 0.2) is 41.8 Å². The number of rotatable bonds is 8. The van der Waals surface area contributed by atoms with E-state index in [1.807, 2.05) is 13.8 Å². The maximum absolute atomic E-state index is 12.6. The van der Waals surface area contributed by atoms with Gasteiger partial charge in [-0.1, -0.05) is 38.1 Å². The molecule has 2 rings (SSSR count). The van der Waals surface area contributed by atoms with E-state index in [0.717, 1.165) is 0 Å². The fourth-order valence-corrected chi connectivity index (χ4v) is 3.25. The first-order valence-corrected chi connectivity index (χ1v) is 8.96. The van der Waals surface area contributed by atoms with Gasteiger partial charge in [-0.2, -0.15) is 0 Å². The van der Waals surface area contributed by atoms with E-state index in [-0.39, 0.29) is 23.8 Å². The normalized spacial score (nSPS) is 12.0. The Hall–Kier alpha value is -2.47. The fraction of sp³-hybridized carbons (Fsp3) is 0.316. The molecule has 0 saturated carbocycles. The van der Waals surface area contributed by atoms with Crippen molar-refractivity contribution < 1.29 is 19.5 Å². The lowest BCUT2D eigenvalue weighted by Crippen LogP contribution is -2.34. The Kier molecular flexibility index (Phi) is 6.47. The molecule has 0 radical (unpaired) electrons. The number of ketones is 1. The summed E-state index contributed by atoms with van der Waals surface area (Å²) in [6.45, 7) is 3.91. The van der Waals surface area contributed by atoms with E-state index >= 15 is 0 Å². The minimum absolute atomic E-state index is 0.0356. The van der Waals surface area contributed by atoms with Crippen molar-refractivity contribution in [2.75, 3.05) is 6.54 Å². The molecule has 1 heterocycles. The number of amides is 1. The fourth-order valence-electron chi connectivity index (χ4n) is 2.57. The molecule has 0 bridgehead atoms. The standard InChI is InChI=1S/C19H21NO4S/c1-12(2)10-13(19(23)24)11-20-18(22)15-7-4-3-6-14(15)17(21)16-8-5-9-25-16/h3-9,12-13H,10-11H2,1-2H3,(H,20,22)(H,23,24). The van der Waals surface area contributed by atoms with Crippen LogP contribution in [0.1, 0.15) is 45.9 Å². The van der Waals surface area contributed by atoms with Gasteiger partial charge in [0.05, 0.1) is 16.4 Å². The van der Waals surface area contributed by atoms with Crippen LogP contribution in [0, 0.1) is 11.8 Å². The quantitative estimate of drug-likeness (QED) is 0.707. The van der Waals surface area contributed by atoms with Crippen LogP contribution in [-0.2, 0) is 4.79 Å². The first-order chi connectivity index (χ1) is 11.9. The molecule has 0 aliphatic rings. The van der Waals surface area contributed by atoms with Crippen molar-refractivity contribution >= 4 is 29.0 Å². The summed E-state index contributed by atoms with van der Waals surface area (Å²) in [5.74, 6) is -2.01. The van der Waals surface area contributed by atoms with Crippen molar-refractivity contribution in [3.8, 4) is 0 Å². The SMILES string of the molecule is CC(C)CC(CNC(=O)c1ccccc1C(=O)c1cccs1)C(=O)O. The van der Waals surface area contributed by atoms with Crippen molar-refractivity contribution in [2.45, 2.75) is 20.3 Å². The molecule has 0 spiro atoms. The Balaban J connectivity index is 2.14. The summed E-state index contributed by atoms with van der Waals surface area (Å²) in [5.41, 5.74) is 0.577. The first kappa shape index (κ1) is 18.9.